The lowest BCUT2D eigenvalue weighted by Crippen LogP contribution is -2.45. The lowest BCUT2D eigenvalue weighted by atomic mass is 9.99. The maximum atomic E-state index is 13.4. The van der Waals surface area contributed by atoms with Crippen LogP contribution in [0.4, 0.5) is 0 Å². The molecule has 0 radical (unpaired) electrons. The molecule has 1 heterocycles. The van der Waals surface area contributed by atoms with Gasteiger partial charge < -0.3 is 14.1 Å². The highest BCUT2D eigenvalue weighted by molar-refractivity contribution is 6.74. The molecule has 1 saturated heterocycles. The number of hydrogen-bond acceptors (Lipinski definition) is 4. The molecule has 6 heteroatoms. The van der Waals surface area contributed by atoms with E-state index in [1.54, 1.807) is 4.90 Å². The SMILES string of the molecule is COC(=O)[C@@H]1C[C@@H](O[Si](C)(C)C(C)(C)C)CN1C(=O)c1ccc(-c2ccccc2C)cc1. The normalized spacial score (nSPS) is 19.2. The van der Waals surface area contributed by atoms with Crippen LogP contribution in [0.1, 0.15) is 43.1 Å². The van der Waals surface area contributed by atoms with Crippen LogP contribution >= 0.6 is 0 Å². The minimum atomic E-state index is -2.03. The first kappa shape index (κ1) is 24.2. The molecule has 0 saturated carbocycles. The molecule has 1 fully saturated rings. The quantitative estimate of drug-likeness (QED) is 0.447. The second-order valence-corrected chi connectivity index (χ2v) is 14.9. The summed E-state index contributed by atoms with van der Waals surface area (Å²) in [7, 11) is -0.663. The average molecular weight is 454 g/mol. The molecular weight excluding hydrogens is 418 g/mol. The fourth-order valence-corrected chi connectivity index (χ4v) is 5.27. The molecule has 2 aromatic rings. The molecule has 0 bridgehead atoms. The minimum absolute atomic E-state index is 0.0522. The number of carbonyl (C=O) groups is 2. The predicted octanol–water partition coefficient (Wildman–Crippen LogP) is 5.44. The highest BCUT2D eigenvalue weighted by atomic mass is 28.4. The molecule has 1 aliphatic heterocycles. The van der Waals surface area contributed by atoms with Crippen molar-refractivity contribution in [3.8, 4) is 11.1 Å². The molecule has 172 valence electrons. The van der Waals surface area contributed by atoms with Gasteiger partial charge in [0.05, 0.1) is 13.2 Å². The Hall–Kier alpha value is -2.44. The lowest BCUT2D eigenvalue weighted by molar-refractivity contribution is -0.145. The van der Waals surface area contributed by atoms with E-state index >= 15 is 0 Å². The van der Waals surface area contributed by atoms with Gasteiger partial charge in [0.25, 0.3) is 5.91 Å². The number of hydrogen-bond donors (Lipinski definition) is 0. The summed E-state index contributed by atoms with van der Waals surface area (Å²) in [4.78, 5) is 27.5. The highest BCUT2D eigenvalue weighted by Gasteiger charge is 2.46. The summed E-state index contributed by atoms with van der Waals surface area (Å²) in [6, 6.07) is 15.1. The molecular formula is C26H35NO4Si. The molecule has 0 spiro atoms. The van der Waals surface area contributed by atoms with Gasteiger partial charge in [0.15, 0.2) is 8.32 Å². The zero-order valence-corrected chi connectivity index (χ0v) is 21.3. The number of aryl methyl sites for hydroxylation is 1. The van der Waals surface area contributed by atoms with Crippen LogP contribution in [0.5, 0.6) is 0 Å². The van der Waals surface area contributed by atoms with E-state index in [4.69, 9.17) is 9.16 Å². The van der Waals surface area contributed by atoms with Crippen molar-refractivity contribution in [1.82, 2.24) is 4.90 Å². The molecule has 0 N–H and O–H groups in total. The number of likely N-dealkylation sites (tertiary alicyclic amines) is 1. The zero-order valence-electron chi connectivity index (χ0n) is 20.3. The maximum absolute atomic E-state index is 13.4. The predicted molar refractivity (Wildman–Crippen MR) is 130 cm³/mol. The number of esters is 1. The van der Waals surface area contributed by atoms with E-state index < -0.39 is 20.3 Å². The van der Waals surface area contributed by atoms with Gasteiger partial charge >= 0.3 is 5.97 Å². The highest BCUT2D eigenvalue weighted by Crippen LogP contribution is 2.39. The van der Waals surface area contributed by atoms with Crippen LogP contribution in [0.15, 0.2) is 48.5 Å². The Bertz CT molecular complexity index is 978. The first-order valence-electron chi connectivity index (χ1n) is 11.2. The summed E-state index contributed by atoms with van der Waals surface area (Å²) in [6.07, 6.45) is 0.293. The number of rotatable bonds is 5. The van der Waals surface area contributed by atoms with Gasteiger partial charge in [-0.25, -0.2) is 4.79 Å². The Morgan fingerprint density at radius 3 is 2.22 bits per heavy atom. The van der Waals surface area contributed by atoms with Gasteiger partial charge in [0.2, 0.25) is 0 Å². The number of methoxy groups -OCH3 is 1. The molecule has 32 heavy (non-hydrogen) atoms. The van der Waals surface area contributed by atoms with E-state index in [9.17, 15) is 9.59 Å². The average Bonchev–Trinajstić information content (AvgIpc) is 3.15. The van der Waals surface area contributed by atoms with Crippen LogP contribution in [0.25, 0.3) is 11.1 Å². The standard InChI is InChI=1S/C26H35NO4Si/c1-18-10-8-9-11-22(18)19-12-14-20(15-13-19)24(28)27-17-21(16-23(27)25(29)30-5)31-32(6,7)26(2,3)4/h8-15,21,23H,16-17H2,1-7H3/t21-,23+/m1/s1. The Balaban J connectivity index is 1.82. The third kappa shape index (κ3) is 4.97. The third-order valence-corrected chi connectivity index (χ3v) is 11.4. The van der Waals surface area contributed by atoms with E-state index in [-0.39, 0.29) is 17.0 Å². The molecule has 0 aromatic heterocycles. The molecule has 1 amide bonds. The Morgan fingerprint density at radius 2 is 1.66 bits per heavy atom. The van der Waals surface area contributed by atoms with E-state index in [2.05, 4.69) is 52.9 Å². The van der Waals surface area contributed by atoms with Crippen molar-refractivity contribution in [1.29, 1.82) is 0 Å². The van der Waals surface area contributed by atoms with Crippen LogP contribution in [0.2, 0.25) is 18.1 Å². The number of ether oxygens (including phenoxy) is 1. The van der Waals surface area contributed by atoms with Gasteiger partial charge in [0.1, 0.15) is 6.04 Å². The van der Waals surface area contributed by atoms with Crippen molar-refractivity contribution in [3.63, 3.8) is 0 Å². The van der Waals surface area contributed by atoms with E-state index in [0.717, 1.165) is 11.1 Å². The van der Waals surface area contributed by atoms with Crippen LogP contribution in [-0.4, -0.2) is 50.9 Å². The third-order valence-electron chi connectivity index (χ3n) is 6.85. The molecule has 0 aliphatic carbocycles. The summed E-state index contributed by atoms with van der Waals surface area (Å²) in [6.45, 7) is 13.4. The second kappa shape index (κ2) is 9.20. The first-order valence-corrected chi connectivity index (χ1v) is 14.1. The molecule has 0 unspecified atom stereocenters. The number of carbonyl (C=O) groups excluding carboxylic acids is 2. The van der Waals surface area contributed by atoms with Crippen molar-refractivity contribution < 1.29 is 18.8 Å². The molecule has 2 atom stereocenters. The monoisotopic (exact) mass is 453 g/mol. The van der Waals surface area contributed by atoms with Gasteiger partial charge in [-0.3, -0.25) is 4.79 Å². The summed E-state index contributed by atoms with van der Waals surface area (Å²) in [5.41, 5.74) is 3.94. The fourth-order valence-electron chi connectivity index (χ4n) is 3.92. The molecule has 3 rings (SSSR count). The smallest absolute Gasteiger partial charge is 0.328 e. The summed E-state index contributed by atoms with van der Waals surface area (Å²) >= 11 is 0. The van der Waals surface area contributed by atoms with Crippen molar-refractivity contribution in [2.45, 2.75) is 64.4 Å². The Morgan fingerprint density at radius 1 is 1.03 bits per heavy atom. The summed E-state index contributed by atoms with van der Waals surface area (Å²) in [5.74, 6) is -0.561. The minimum Gasteiger partial charge on any atom is -0.467 e. The Labute approximate surface area is 192 Å². The second-order valence-electron chi connectivity index (χ2n) is 10.1. The fraction of sp³-hybridized carbons (Fsp3) is 0.462. The van der Waals surface area contributed by atoms with Gasteiger partial charge in [0, 0.05) is 18.5 Å². The van der Waals surface area contributed by atoms with Crippen LogP contribution in [0.3, 0.4) is 0 Å². The van der Waals surface area contributed by atoms with Crippen molar-refractivity contribution in [3.05, 3.63) is 59.7 Å². The van der Waals surface area contributed by atoms with Gasteiger partial charge in [-0.2, -0.15) is 0 Å². The number of amides is 1. The van der Waals surface area contributed by atoms with Gasteiger partial charge in [-0.1, -0.05) is 57.2 Å². The molecule has 2 aromatic carbocycles. The topological polar surface area (TPSA) is 55.8 Å². The number of nitrogens with zero attached hydrogens (tertiary/aromatic N) is 1. The Kier molecular flexibility index (Phi) is 6.96. The maximum Gasteiger partial charge on any atom is 0.328 e. The van der Waals surface area contributed by atoms with Crippen molar-refractivity contribution >= 4 is 20.2 Å². The lowest BCUT2D eigenvalue weighted by Gasteiger charge is -2.38. The van der Waals surface area contributed by atoms with Crippen molar-refractivity contribution in [2.24, 2.45) is 0 Å². The largest absolute Gasteiger partial charge is 0.467 e. The first-order chi connectivity index (χ1) is 14.9. The molecule has 1 aliphatic rings. The van der Waals surface area contributed by atoms with Gasteiger partial charge in [-0.15, -0.1) is 0 Å². The van der Waals surface area contributed by atoms with E-state index in [1.807, 2.05) is 36.4 Å². The van der Waals surface area contributed by atoms with Crippen molar-refractivity contribution in [2.75, 3.05) is 13.7 Å². The summed E-state index contributed by atoms with van der Waals surface area (Å²) in [5, 5.41) is 0.0522. The van der Waals surface area contributed by atoms with Crippen LogP contribution in [-0.2, 0) is 14.0 Å². The summed E-state index contributed by atoms with van der Waals surface area (Å²) < 4.78 is 11.5. The van der Waals surface area contributed by atoms with E-state index in [1.165, 1.54) is 12.7 Å². The zero-order chi connectivity index (χ0) is 23.7. The number of benzene rings is 2. The van der Waals surface area contributed by atoms with Crippen LogP contribution in [0, 0.1) is 6.92 Å². The molecule has 5 nitrogen and oxygen atoms in total. The van der Waals surface area contributed by atoms with Crippen LogP contribution < -0.4 is 0 Å². The van der Waals surface area contributed by atoms with Gasteiger partial charge in [-0.05, 0) is 53.9 Å². The van der Waals surface area contributed by atoms with E-state index in [0.29, 0.717) is 18.5 Å².